The Morgan fingerprint density at radius 3 is 2.62 bits per heavy atom. The number of hydrogen-bond acceptors (Lipinski definition) is 4. The number of amides is 1. The van der Waals surface area contributed by atoms with Crippen LogP contribution in [0.4, 0.5) is 10.5 Å². The summed E-state index contributed by atoms with van der Waals surface area (Å²) in [5.41, 5.74) is 2.52. The van der Waals surface area contributed by atoms with Crippen molar-refractivity contribution in [3.8, 4) is 5.75 Å². The number of rotatable bonds is 4. The van der Waals surface area contributed by atoms with Crippen molar-refractivity contribution in [2.24, 2.45) is 5.16 Å². The molecule has 0 aliphatic carbocycles. The first-order valence-corrected chi connectivity index (χ1v) is 6.39. The highest BCUT2D eigenvalue weighted by Gasteiger charge is 2.02. The molecule has 5 nitrogen and oxygen atoms in total. The second-order valence-electron chi connectivity index (χ2n) is 4.38. The summed E-state index contributed by atoms with van der Waals surface area (Å²) in [7, 11) is 1.60. The standard InChI is InChI=1S/C16H16N2O3/c1-12-4-3-5-14(10-12)18-16(19)21-17-11-13-6-8-15(20-2)9-7-13/h3-11H,1-2H3,(H,18,19)/b17-11-. The van der Waals surface area contributed by atoms with Crippen LogP contribution in [0.2, 0.25) is 0 Å². The van der Waals surface area contributed by atoms with E-state index in [9.17, 15) is 4.79 Å². The van der Waals surface area contributed by atoms with Crippen molar-refractivity contribution in [2.75, 3.05) is 12.4 Å². The summed E-state index contributed by atoms with van der Waals surface area (Å²) in [6, 6.07) is 14.6. The molecule has 0 saturated heterocycles. The van der Waals surface area contributed by atoms with Crippen LogP contribution in [-0.2, 0) is 4.84 Å². The minimum absolute atomic E-state index is 0.634. The summed E-state index contributed by atoms with van der Waals surface area (Å²) >= 11 is 0. The van der Waals surface area contributed by atoms with Gasteiger partial charge in [0.1, 0.15) is 5.75 Å². The molecule has 21 heavy (non-hydrogen) atoms. The van der Waals surface area contributed by atoms with Gasteiger partial charge in [-0.25, -0.2) is 4.79 Å². The molecular weight excluding hydrogens is 268 g/mol. The molecule has 0 saturated carbocycles. The fourth-order valence-electron chi connectivity index (χ4n) is 1.69. The molecule has 0 fully saturated rings. The van der Waals surface area contributed by atoms with E-state index in [1.165, 1.54) is 6.21 Å². The highest BCUT2D eigenvalue weighted by atomic mass is 16.7. The summed E-state index contributed by atoms with van der Waals surface area (Å²) in [5, 5.41) is 6.23. The minimum Gasteiger partial charge on any atom is -0.497 e. The lowest BCUT2D eigenvalue weighted by Gasteiger charge is -2.03. The third-order valence-corrected chi connectivity index (χ3v) is 2.72. The van der Waals surface area contributed by atoms with Crippen molar-refractivity contribution >= 4 is 18.0 Å². The zero-order valence-corrected chi connectivity index (χ0v) is 11.9. The predicted octanol–water partition coefficient (Wildman–Crippen LogP) is 3.59. The maximum Gasteiger partial charge on any atom is 0.437 e. The van der Waals surface area contributed by atoms with Gasteiger partial charge < -0.3 is 4.74 Å². The summed E-state index contributed by atoms with van der Waals surface area (Å²) in [6.07, 6.45) is 0.820. The molecule has 2 rings (SSSR count). The van der Waals surface area contributed by atoms with Gasteiger partial charge >= 0.3 is 6.09 Å². The van der Waals surface area contributed by atoms with Gasteiger partial charge in [-0.15, -0.1) is 0 Å². The van der Waals surface area contributed by atoms with Gasteiger partial charge in [0, 0.05) is 5.69 Å². The highest BCUT2D eigenvalue weighted by Crippen LogP contribution is 2.11. The van der Waals surface area contributed by atoms with E-state index < -0.39 is 6.09 Å². The lowest BCUT2D eigenvalue weighted by molar-refractivity contribution is 0.167. The van der Waals surface area contributed by atoms with E-state index in [1.54, 1.807) is 25.3 Å². The summed E-state index contributed by atoms with van der Waals surface area (Å²) in [6.45, 7) is 1.94. The number of ether oxygens (including phenoxy) is 1. The number of hydrogen-bond donors (Lipinski definition) is 1. The van der Waals surface area contributed by atoms with E-state index in [1.807, 2.05) is 37.3 Å². The van der Waals surface area contributed by atoms with Crippen molar-refractivity contribution in [1.29, 1.82) is 0 Å². The lowest BCUT2D eigenvalue weighted by Crippen LogP contribution is -2.10. The van der Waals surface area contributed by atoms with Gasteiger partial charge in [0.05, 0.1) is 13.3 Å². The van der Waals surface area contributed by atoms with Crippen LogP contribution in [0.5, 0.6) is 5.75 Å². The number of nitrogens with one attached hydrogen (secondary N) is 1. The molecule has 0 aliphatic heterocycles. The van der Waals surface area contributed by atoms with Crippen molar-refractivity contribution in [3.63, 3.8) is 0 Å². The molecule has 0 atom stereocenters. The van der Waals surface area contributed by atoms with Crippen molar-refractivity contribution < 1.29 is 14.4 Å². The van der Waals surface area contributed by atoms with Gasteiger partial charge in [-0.1, -0.05) is 17.3 Å². The molecule has 0 spiro atoms. The molecule has 0 aromatic heterocycles. The topological polar surface area (TPSA) is 59.9 Å². The average Bonchev–Trinajstić information content (AvgIpc) is 2.48. The van der Waals surface area contributed by atoms with Gasteiger partial charge in [-0.05, 0) is 54.4 Å². The molecular formula is C16H16N2O3. The number of methoxy groups -OCH3 is 1. The average molecular weight is 284 g/mol. The largest absolute Gasteiger partial charge is 0.497 e. The molecule has 1 N–H and O–H groups in total. The van der Waals surface area contributed by atoms with Crippen LogP contribution in [0, 0.1) is 6.92 Å². The fraction of sp³-hybridized carbons (Fsp3) is 0.125. The molecule has 1 amide bonds. The van der Waals surface area contributed by atoms with Crippen LogP contribution in [0.3, 0.4) is 0 Å². The Labute approximate surface area is 123 Å². The van der Waals surface area contributed by atoms with Crippen LogP contribution in [-0.4, -0.2) is 19.4 Å². The molecule has 0 bridgehead atoms. The third kappa shape index (κ3) is 4.65. The fourth-order valence-corrected chi connectivity index (χ4v) is 1.69. The number of benzene rings is 2. The lowest BCUT2D eigenvalue weighted by atomic mass is 10.2. The van der Waals surface area contributed by atoms with E-state index in [-0.39, 0.29) is 0 Å². The van der Waals surface area contributed by atoms with E-state index in [0.717, 1.165) is 16.9 Å². The van der Waals surface area contributed by atoms with E-state index in [0.29, 0.717) is 5.69 Å². The van der Waals surface area contributed by atoms with Crippen LogP contribution in [0.1, 0.15) is 11.1 Å². The maximum atomic E-state index is 11.5. The van der Waals surface area contributed by atoms with Gasteiger partial charge in [-0.2, -0.15) is 0 Å². The zero-order chi connectivity index (χ0) is 15.1. The number of aryl methyl sites for hydroxylation is 1. The second kappa shape index (κ2) is 7.09. The van der Waals surface area contributed by atoms with Gasteiger partial charge in [-0.3, -0.25) is 10.2 Å². The normalized spacial score (nSPS) is 10.4. The maximum absolute atomic E-state index is 11.5. The molecule has 2 aromatic rings. The Morgan fingerprint density at radius 1 is 1.19 bits per heavy atom. The van der Waals surface area contributed by atoms with E-state index in [2.05, 4.69) is 10.5 Å². The zero-order valence-electron chi connectivity index (χ0n) is 11.9. The second-order valence-corrected chi connectivity index (χ2v) is 4.38. The Bertz CT molecular complexity index is 636. The molecule has 2 aromatic carbocycles. The molecule has 0 heterocycles. The molecule has 108 valence electrons. The first-order chi connectivity index (χ1) is 10.2. The Kier molecular flexibility index (Phi) is 4.93. The van der Waals surface area contributed by atoms with Gasteiger partial charge in [0.25, 0.3) is 0 Å². The summed E-state index contributed by atoms with van der Waals surface area (Å²) in [4.78, 5) is 16.3. The highest BCUT2D eigenvalue weighted by molar-refractivity contribution is 5.86. The third-order valence-electron chi connectivity index (χ3n) is 2.72. The molecule has 5 heteroatoms. The minimum atomic E-state index is -0.634. The SMILES string of the molecule is COc1ccc(/C=N\OC(=O)Nc2cccc(C)c2)cc1. The van der Waals surface area contributed by atoms with Crippen molar-refractivity contribution in [1.82, 2.24) is 0 Å². The van der Waals surface area contributed by atoms with Crippen LogP contribution in [0.15, 0.2) is 53.7 Å². The van der Waals surface area contributed by atoms with Crippen LogP contribution >= 0.6 is 0 Å². The van der Waals surface area contributed by atoms with Gasteiger partial charge in [0.15, 0.2) is 0 Å². The van der Waals surface area contributed by atoms with Crippen LogP contribution in [0.25, 0.3) is 0 Å². The summed E-state index contributed by atoms with van der Waals surface area (Å²) in [5.74, 6) is 0.755. The Balaban J connectivity index is 1.86. The summed E-state index contributed by atoms with van der Waals surface area (Å²) < 4.78 is 5.05. The Hall–Kier alpha value is -2.82. The molecule has 0 radical (unpaired) electrons. The first-order valence-electron chi connectivity index (χ1n) is 6.39. The number of carbonyl (C=O) groups is 1. The number of nitrogens with zero attached hydrogens (tertiary/aromatic N) is 1. The number of anilines is 1. The quantitative estimate of drug-likeness (QED) is 0.530. The monoisotopic (exact) mass is 284 g/mol. The predicted molar refractivity (Wildman–Crippen MR) is 81.9 cm³/mol. The molecule has 0 aliphatic rings. The van der Waals surface area contributed by atoms with E-state index >= 15 is 0 Å². The number of carbonyl (C=O) groups excluding carboxylic acids is 1. The molecule has 0 unspecified atom stereocenters. The van der Waals surface area contributed by atoms with Crippen LogP contribution < -0.4 is 10.1 Å². The van der Waals surface area contributed by atoms with Crippen molar-refractivity contribution in [3.05, 3.63) is 59.7 Å². The number of oxime groups is 1. The van der Waals surface area contributed by atoms with E-state index in [4.69, 9.17) is 9.57 Å². The van der Waals surface area contributed by atoms with Gasteiger partial charge in [0.2, 0.25) is 0 Å². The first kappa shape index (κ1) is 14.6. The van der Waals surface area contributed by atoms with Crippen molar-refractivity contribution in [2.45, 2.75) is 6.92 Å². The Morgan fingerprint density at radius 2 is 1.95 bits per heavy atom. The smallest absolute Gasteiger partial charge is 0.437 e.